The Kier molecular flexibility index (Phi) is 4.85. The molecule has 3 heteroatoms. The van der Waals surface area contributed by atoms with Gasteiger partial charge in [0, 0.05) is 10.6 Å². The summed E-state index contributed by atoms with van der Waals surface area (Å²) >= 11 is 1.55. The van der Waals surface area contributed by atoms with Crippen molar-refractivity contribution in [1.82, 2.24) is 0 Å². The SMILES string of the molecule is Cc1cc(C)c(NC(=O)CSc2ccccc2)c(C)c1. The molecule has 20 heavy (non-hydrogen) atoms. The molecular formula is C17H19NOS. The van der Waals surface area contributed by atoms with E-state index in [0.29, 0.717) is 5.75 Å². The van der Waals surface area contributed by atoms with Crippen LogP contribution in [0.15, 0.2) is 47.4 Å². The lowest BCUT2D eigenvalue weighted by Crippen LogP contribution is -2.15. The standard InChI is InChI=1S/C17H19NOS/c1-12-9-13(2)17(14(3)10-12)18-16(19)11-20-15-7-5-4-6-8-15/h4-10H,11H2,1-3H3,(H,18,19). The average molecular weight is 285 g/mol. The van der Waals surface area contributed by atoms with Gasteiger partial charge in [0.1, 0.15) is 0 Å². The molecule has 0 heterocycles. The lowest BCUT2D eigenvalue weighted by atomic mass is 10.1. The first-order valence-corrected chi connectivity index (χ1v) is 7.60. The van der Waals surface area contributed by atoms with E-state index in [-0.39, 0.29) is 5.91 Å². The number of aryl methyl sites for hydroxylation is 3. The van der Waals surface area contributed by atoms with Gasteiger partial charge in [0.05, 0.1) is 5.75 Å². The van der Waals surface area contributed by atoms with Gasteiger partial charge in [-0.3, -0.25) is 4.79 Å². The summed E-state index contributed by atoms with van der Waals surface area (Å²) in [5, 5.41) is 3.02. The molecular weight excluding hydrogens is 266 g/mol. The van der Waals surface area contributed by atoms with Crippen LogP contribution in [0.2, 0.25) is 0 Å². The van der Waals surface area contributed by atoms with Gasteiger partial charge >= 0.3 is 0 Å². The van der Waals surface area contributed by atoms with Gasteiger partial charge in [-0.15, -0.1) is 11.8 Å². The fourth-order valence-electron chi connectivity index (χ4n) is 2.22. The summed E-state index contributed by atoms with van der Waals surface area (Å²) in [6, 6.07) is 14.1. The van der Waals surface area contributed by atoms with E-state index in [1.54, 1.807) is 11.8 Å². The van der Waals surface area contributed by atoms with Crippen LogP contribution in [0.4, 0.5) is 5.69 Å². The van der Waals surface area contributed by atoms with Crippen LogP contribution < -0.4 is 5.32 Å². The Bertz CT molecular complexity index is 585. The number of thioether (sulfide) groups is 1. The number of anilines is 1. The molecule has 0 aliphatic rings. The Morgan fingerprint density at radius 1 is 1.05 bits per heavy atom. The minimum Gasteiger partial charge on any atom is -0.325 e. The predicted molar refractivity (Wildman–Crippen MR) is 86.4 cm³/mol. The molecule has 0 saturated carbocycles. The fourth-order valence-corrected chi connectivity index (χ4v) is 2.94. The number of carbonyl (C=O) groups excluding carboxylic acids is 1. The van der Waals surface area contributed by atoms with E-state index in [2.05, 4.69) is 24.4 Å². The molecule has 0 aliphatic carbocycles. The largest absolute Gasteiger partial charge is 0.325 e. The zero-order valence-electron chi connectivity index (χ0n) is 12.1. The number of hydrogen-bond acceptors (Lipinski definition) is 2. The molecule has 0 atom stereocenters. The van der Waals surface area contributed by atoms with Crippen molar-refractivity contribution in [3.05, 3.63) is 59.2 Å². The van der Waals surface area contributed by atoms with Gasteiger partial charge in [-0.25, -0.2) is 0 Å². The topological polar surface area (TPSA) is 29.1 Å². The van der Waals surface area contributed by atoms with E-state index in [4.69, 9.17) is 0 Å². The van der Waals surface area contributed by atoms with Crippen molar-refractivity contribution in [2.45, 2.75) is 25.7 Å². The van der Waals surface area contributed by atoms with Crippen molar-refractivity contribution >= 4 is 23.4 Å². The van der Waals surface area contributed by atoms with Gasteiger partial charge in [-0.1, -0.05) is 35.9 Å². The van der Waals surface area contributed by atoms with Crippen molar-refractivity contribution in [2.75, 3.05) is 11.1 Å². The molecule has 1 amide bonds. The lowest BCUT2D eigenvalue weighted by molar-refractivity contribution is -0.113. The molecule has 104 valence electrons. The number of carbonyl (C=O) groups is 1. The Morgan fingerprint density at radius 2 is 1.65 bits per heavy atom. The van der Waals surface area contributed by atoms with Crippen molar-refractivity contribution in [3.8, 4) is 0 Å². The smallest absolute Gasteiger partial charge is 0.234 e. The fraction of sp³-hybridized carbons (Fsp3) is 0.235. The zero-order chi connectivity index (χ0) is 14.5. The van der Waals surface area contributed by atoms with Crippen LogP contribution in [-0.4, -0.2) is 11.7 Å². The van der Waals surface area contributed by atoms with Gasteiger partial charge in [0.25, 0.3) is 0 Å². The van der Waals surface area contributed by atoms with E-state index < -0.39 is 0 Å². The quantitative estimate of drug-likeness (QED) is 0.847. The first kappa shape index (κ1) is 14.7. The number of rotatable bonds is 4. The molecule has 0 saturated heterocycles. The molecule has 0 aromatic heterocycles. The average Bonchev–Trinajstić information content (AvgIpc) is 2.42. The van der Waals surface area contributed by atoms with E-state index in [0.717, 1.165) is 21.7 Å². The lowest BCUT2D eigenvalue weighted by Gasteiger charge is -2.12. The summed E-state index contributed by atoms with van der Waals surface area (Å²) in [6.07, 6.45) is 0. The molecule has 0 fully saturated rings. The summed E-state index contributed by atoms with van der Waals surface area (Å²) in [7, 11) is 0. The second-order valence-electron chi connectivity index (χ2n) is 4.92. The number of amides is 1. The van der Waals surface area contributed by atoms with Crippen LogP contribution in [-0.2, 0) is 4.79 Å². The van der Waals surface area contributed by atoms with Gasteiger partial charge in [0.15, 0.2) is 0 Å². The van der Waals surface area contributed by atoms with E-state index in [1.807, 2.05) is 44.2 Å². The van der Waals surface area contributed by atoms with Crippen LogP contribution in [0.25, 0.3) is 0 Å². The van der Waals surface area contributed by atoms with E-state index in [1.165, 1.54) is 5.56 Å². The summed E-state index contributed by atoms with van der Waals surface area (Å²) in [4.78, 5) is 13.2. The van der Waals surface area contributed by atoms with Crippen LogP contribution in [0.5, 0.6) is 0 Å². The molecule has 1 N–H and O–H groups in total. The molecule has 2 nitrogen and oxygen atoms in total. The Morgan fingerprint density at radius 3 is 2.25 bits per heavy atom. The number of nitrogens with one attached hydrogen (secondary N) is 1. The minimum atomic E-state index is 0.0360. The van der Waals surface area contributed by atoms with Crippen LogP contribution >= 0.6 is 11.8 Å². The third-order valence-electron chi connectivity index (χ3n) is 3.05. The highest BCUT2D eigenvalue weighted by Crippen LogP contribution is 2.23. The molecule has 0 radical (unpaired) electrons. The highest BCUT2D eigenvalue weighted by Gasteiger charge is 2.08. The molecule has 0 aliphatic heterocycles. The van der Waals surface area contributed by atoms with Crippen LogP contribution in [0, 0.1) is 20.8 Å². The normalized spacial score (nSPS) is 10.3. The number of benzene rings is 2. The first-order chi connectivity index (χ1) is 9.56. The third kappa shape index (κ3) is 3.87. The molecule has 2 aromatic carbocycles. The first-order valence-electron chi connectivity index (χ1n) is 6.62. The van der Waals surface area contributed by atoms with Crippen molar-refractivity contribution in [2.24, 2.45) is 0 Å². The van der Waals surface area contributed by atoms with Gasteiger partial charge in [-0.05, 0) is 44.0 Å². The maximum absolute atomic E-state index is 12.0. The van der Waals surface area contributed by atoms with Gasteiger partial charge < -0.3 is 5.32 Å². The minimum absolute atomic E-state index is 0.0360. The molecule has 2 rings (SSSR count). The Balaban J connectivity index is 1.98. The summed E-state index contributed by atoms with van der Waals surface area (Å²) in [6.45, 7) is 6.12. The van der Waals surface area contributed by atoms with Gasteiger partial charge in [0.2, 0.25) is 5.91 Å². The van der Waals surface area contributed by atoms with E-state index in [9.17, 15) is 4.79 Å². The van der Waals surface area contributed by atoms with Crippen LogP contribution in [0.3, 0.4) is 0 Å². The van der Waals surface area contributed by atoms with Gasteiger partial charge in [-0.2, -0.15) is 0 Å². The van der Waals surface area contributed by atoms with E-state index >= 15 is 0 Å². The highest BCUT2D eigenvalue weighted by atomic mass is 32.2. The van der Waals surface area contributed by atoms with Crippen molar-refractivity contribution in [1.29, 1.82) is 0 Å². The number of hydrogen-bond donors (Lipinski definition) is 1. The molecule has 0 unspecified atom stereocenters. The summed E-state index contributed by atoms with van der Waals surface area (Å²) in [5.41, 5.74) is 4.38. The maximum atomic E-state index is 12.0. The monoisotopic (exact) mass is 285 g/mol. The third-order valence-corrected chi connectivity index (χ3v) is 4.07. The zero-order valence-corrected chi connectivity index (χ0v) is 12.9. The molecule has 0 spiro atoms. The second kappa shape index (κ2) is 6.62. The van der Waals surface area contributed by atoms with Crippen molar-refractivity contribution in [3.63, 3.8) is 0 Å². The summed E-state index contributed by atoms with van der Waals surface area (Å²) in [5.74, 6) is 0.463. The molecule has 2 aromatic rings. The maximum Gasteiger partial charge on any atom is 0.234 e. The Hall–Kier alpha value is -1.74. The highest BCUT2D eigenvalue weighted by molar-refractivity contribution is 8.00. The van der Waals surface area contributed by atoms with Crippen molar-refractivity contribution < 1.29 is 4.79 Å². The van der Waals surface area contributed by atoms with Crippen LogP contribution in [0.1, 0.15) is 16.7 Å². The second-order valence-corrected chi connectivity index (χ2v) is 5.97. The summed E-state index contributed by atoms with van der Waals surface area (Å²) < 4.78 is 0. The Labute approximate surface area is 124 Å². The predicted octanol–water partition coefficient (Wildman–Crippen LogP) is 4.34. The molecule has 0 bridgehead atoms.